The number of imidazole rings is 1. The van der Waals surface area contributed by atoms with E-state index in [-0.39, 0.29) is 5.56 Å². The largest absolute Gasteiger partial charge is 0.435 e. The highest BCUT2D eigenvalue weighted by Gasteiger charge is 2.39. The minimum atomic E-state index is -4.68. The van der Waals surface area contributed by atoms with Crippen LogP contribution in [0.4, 0.5) is 13.2 Å². The van der Waals surface area contributed by atoms with Crippen LogP contribution in [0.2, 0.25) is 0 Å². The number of halogens is 3. The van der Waals surface area contributed by atoms with Crippen LogP contribution in [0.25, 0.3) is 34.0 Å². The smallest absolute Gasteiger partial charge is 0.302 e. The standard InChI is InChI=1S/C30H27F3N6/c1-28(2,3)27-35-21-17-38(27)22-12-7-6-10-18(22)19-16-39(37-26(19)30(31,32)33)25-15-9-14-24(36-25)29(4,5)23-13-8-11-20(21)34-23/h6-17H,1-5H3. The van der Waals surface area contributed by atoms with Crippen LogP contribution in [-0.2, 0) is 17.0 Å². The van der Waals surface area contributed by atoms with Crippen LogP contribution < -0.4 is 0 Å². The van der Waals surface area contributed by atoms with Gasteiger partial charge in [-0.05, 0) is 44.2 Å². The van der Waals surface area contributed by atoms with Crippen molar-refractivity contribution in [3.05, 3.63) is 96.0 Å². The minimum absolute atomic E-state index is 0.0340. The third kappa shape index (κ3) is 4.13. The first kappa shape index (κ1) is 25.0. The third-order valence-corrected chi connectivity index (χ3v) is 7.07. The maximum Gasteiger partial charge on any atom is 0.435 e. The van der Waals surface area contributed by atoms with E-state index in [0.29, 0.717) is 40.0 Å². The number of alkyl halides is 3. The van der Waals surface area contributed by atoms with Gasteiger partial charge in [-0.1, -0.05) is 51.1 Å². The van der Waals surface area contributed by atoms with E-state index in [2.05, 4.69) is 5.10 Å². The van der Waals surface area contributed by atoms with E-state index in [1.165, 1.54) is 10.9 Å². The Morgan fingerprint density at radius 1 is 0.718 bits per heavy atom. The number of aromatic nitrogens is 6. The first-order valence-corrected chi connectivity index (χ1v) is 12.7. The molecule has 0 N–H and O–H groups in total. The van der Waals surface area contributed by atoms with E-state index < -0.39 is 22.7 Å². The van der Waals surface area contributed by atoms with Gasteiger partial charge in [-0.25, -0.2) is 14.6 Å². The molecule has 8 bridgehead atoms. The molecule has 4 aromatic heterocycles. The summed E-state index contributed by atoms with van der Waals surface area (Å²) in [6.45, 7) is 10.1. The average Bonchev–Trinajstić information content (AvgIpc) is 3.54. The lowest BCUT2D eigenvalue weighted by atomic mass is 9.84. The van der Waals surface area contributed by atoms with Gasteiger partial charge in [0.25, 0.3) is 0 Å². The number of rotatable bonds is 0. The molecule has 0 radical (unpaired) electrons. The summed E-state index contributed by atoms with van der Waals surface area (Å²) in [7, 11) is 0. The molecule has 6 nitrogen and oxygen atoms in total. The lowest BCUT2D eigenvalue weighted by Crippen LogP contribution is -2.23. The van der Waals surface area contributed by atoms with Gasteiger partial charge in [-0.3, -0.25) is 4.98 Å². The van der Waals surface area contributed by atoms with Crippen molar-refractivity contribution in [1.82, 2.24) is 29.3 Å². The van der Waals surface area contributed by atoms with E-state index >= 15 is 0 Å². The summed E-state index contributed by atoms with van der Waals surface area (Å²) < 4.78 is 46.3. The Hall–Kier alpha value is -4.27. The summed E-state index contributed by atoms with van der Waals surface area (Å²) in [6, 6.07) is 18.1. The molecule has 5 heterocycles. The summed E-state index contributed by atoms with van der Waals surface area (Å²) in [5.41, 5.74) is 1.63. The van der Waals surface area contributed by atoms with Crippen molar-refractivity contribution < 1.29 is 13.2 Å². The summed E-state index contributed by atoms with van der Waals surface area (Å²) >= 11 is 0. The quantitative estimate of drug-likeness (QED) is 0.214. The molecule has 0 unspecified atom stereocenters. The predicted molar refractivity (Wildman–Crippen MR) is 143 cm³/mol. The second kappa shape index (κ2) is 8.36. The zero-order valence-electron chi connectivity index (χ0n) is 22.2. The van der Waals surface area contributed by atoms with Crippen molar-refractivity contribution >= 4 is 0 Å². The van der Waals surface area contributed by atoms with E-state index in [4.69, 9.17) is 15.0 Å². The highest BCUT2D eigenvalue weighted by Crippen LogP contribution is 2.41. The number of fused-ring (bicyclic) bond motifs is 13. The van der Waals surface area contributed by atoms with Crippen LogP contribution in [-0.4, -0.2) is 29.3 Å². The fraction of sp³-hybridized carbons (Fsp3) is 0.267. The van der Waals surface area contributed by atoms with Gasteiger partial charge in [0.1, 0.15) is 11.5 Å². The van der Waals surface area contributed by atoms with Crippen LogP contribution >= 0.6 is 0 Å². The van der Waals surface area contributed by atoms with Gasteiger partial charge in [-0.2, -0.15) is 18.3 Å². The molecule has 1 aliphatic heterocycles. The topological polar surface area (TPSA) is 61.4 Å². The van der Waals surface area contributed by atoms with Crippen LogP contribution in [0, 0.1) is 0 Å². The molecule has 0 saturated heterocycles. The Morgan fingerprint density at radius 3 is 2.13 bits per heavy atom. The van der Waals surface area contributed by atoms with Crippen molar-refractivity contribution in [1.29, 1.82) is 0 Å². The molecular weight excluding hydrogens is 501 g/mol. The number of pyridine rings is 2. The minimum Gasteiger partial charge on any atom is -0.302 e. The van der Waals surface area contributed by atoms with Crippen molar-refractivity contribution in [2.45, 2.75) is 51.6 Å². The number of nitrogens with zero attached hydrogens (tertiary/aromatic N) is 6. The Balaban J connectivity index is 1.76. The van der Waals surface area contributed by atoms with Crippen LogP contribution in [0.15, 0.2) is 73.1 Å². The summed E-state index contributed by atoms with van der Waals surface area (Å²) in [6.07, 6.45) is -1.41. The van der Waals surface area contributed by atoms with Gasteiger partial charge in [0, 0.05) is 34.4 Å². The fourth-order valence-corrected chi connectivity index (χ4v) is 4.98. The lowest BCUT2D eigenvalue weighted by Gasteiger charge is -2.24. The van der Waals surface area contributed by atoms with Crippen molar-refractivity contribution in [3.8, 4) is 34.0 Å². The molecule has 198 valence electrons. The number of para-hydroxylation sites is 1. The lowest BCUT2D eigenvalue weighted by molar-refractivity contribution is -0.140. The van der Waals surface area contributed by atoms with Crippen molar-refractivity contribution in [3.63, 3.8) is 0 Å². The van der Waals surface area contributed by atoms with E-state index in [1.807, 2.05) is 75.7 Å². The molecule has 0 saturated carbocycles. The Labute approximate surface area is 224 Å². The zero-order chi connectivity index (χ0) is 27.7. The maximum absolute atomic E-state index is 14.4. The van der Waals surface area contributed by atoms with Gasteiger partial charge in [0.15, 0.2) is 11.5 Å². The fourth-order valence-electron chi connectivity index (χ4n) is 4.98. The summed E-state index contributed by atoms with van der Waals surface area (Å²) in [5, 5.41) is 4.02. The molecule has 0 atom stereocenters. The van der Waals surface area contributed by atoms with Gasteiger partial charge in [0.05, 0.1) is 22.8 Å². The first-order valence-electron chi connectivity index (χ1n) is 12.7. The summed E-state index contributed by atoms with van der Waals surface area (Å²) in [5.74, 6) is 0.997. The van der Waals surface area contributed by atoms with Crippen molar-refractivity contribution in [2.75, 3.05) is 0 Å². The molecule has 6 rings (SSSR count). The second-order valence-corrected chi connectivity index (χ2v) is 11.3. The number of benzene rings is 1. The first-order chi connectivity index (χ1) is 18.3. The van der Waals surface area contributed by atoms with Gasteiger partial charge >= 0.3 is 6.18 Å². The van der Waals surface area contributed by atoms with Gasteiger partial charge < -0.3 is 4.57 Å². The Kier molecular flexibility index (Phi) is 5.37. The number of hydrogen-bond acceptors (Lipinski definition) is 4. The molecule has 1 aromatic carbocycles. The maximum atomic E-state index is 14.4. The molecule has 1 aliphatic rings. The van der Waals surface area contributed by atoms with E-state index in [0.717, 1.165) is 5.69 Å². The van der Waals surface area contributed by atoms with Crippen LogP contribution in [0.3, 0.4) is 0 Å². The summed E-state index contributed by atoms with van der Waals surface area (Å²) in [4.78, 5) is 14.7. The molecule has 9 heteroatoms. The Morgan fingerprint density at radius 2 is 1.41 bits per heavy atom. The predicted octanol–water partition coefficient (Wildman–Crippen LogP) is 7.14. The highest BCUT2D eigenvalue weighted by atomic mass is 19.4. The van der Waals surface area contributed by atoms with Crippen LogP contribution in [0.5, 0.6) is 0 Å². The van der Waals surface area contributed by atoms with Crippen LogP contribution in [0.1, 0.15) is 57.5 Å². The molecule has 0 spiro atoms. The normalized spacial score (nSPS) is 14.4. The van der Waals surface area contributed by atoms with Gasteiger partial charge in [-0.15, -0.1) is 0 Å². The SMILES string of the molecule is CC(C)(C)c1nc2cn1-c1ccccc1-c1cn(nc1C(F)(F)F)-c1cccc(n1)C(C)(C)c1cccc-2n1. The molecule has 39 heavy (non-hydrogen) atoms. The van der Waals surface area contributed by atoms with Crippen molar-refractivity contribution in [2.24, 2.45) is 0 Å². The molecular formula is C30H27F3N6. The average molecular weight is 529 g/mol. The second-order valence-electron chi connectivity index (χ2n) is 11.3. The third-order valence-electron chi connectivity index (χ3n) is 7.07. The molecule has 0 amide bonds. The highest BCUT2D eigenvalue weighted by molar-refractivity contribution is 5.76. The number of hydrogen-bond donors (Lipinski definition) is 0. The molecule has 0 aliphatic carbocycles. The van der Waals surface area contributed by atoms with Gasteiger partial charge in [0.2, 0.25) is 0 Å². The zero-order valence-corrected chi connectivity index (χ0v) is 22.2. The van der Waals surface area contributed by atoms with E-state index in [1.54, 1.807) is 30.3 Å². The molecule has 0 fully saturated rings. The Bertz CT molecular complexity index is 1590. The monoisotopic (exact) mass is 528 g/mol. The van der Waals surface area contributed by atoms with E-state index in [9.17, 15) is 13.2 Å². The molecule has 5 aromatic rings.